The highest BCUT2D eigenvalue weighted by atomic mass is 32.1. The maximum atomic E-state index is 11.7. The van der Waals surface area contributed by atoms with Gasteiger partial charge >= 0.3 is 0 Å². The second-order valence-electron chi connectivity index (χ2n) is 5.41. The molecule has 0 aliphatic carbocycles. The first kappa shape index (κ1) is 17.7. The van der Waals surface area contributed by atoms with E-state index in [9.17, 15) is 4.79 Å². The van der Waals surface area contributed by atoms with Crippen LogP contribution in [0.4, 0.5) is 0 Å². The van der Waals surface area contributed by atoms with Crippen LogP contribution in [0.3, 0.4) is 0 Å². The average molecular weight is 308 g/mol. The molecule has 0 fully saturated rings. The van der Waals surface area contributed by atoms with Crippen molar-refractivity contribution in [3.63, 3.8) is 0 Å². The lowest BCUT2D eigenvalue weighted by Gasteiger charge is -2.15. The minimum absolute atomic E-state index is 0.0608. The fourth-order valence-corrected chi connectivity index (χ4v) is 2.64. The predicted octanol–water partition coefficient (Wildman–Crippen LogP) is 1.69. The molecule has 21 heavy (non-hydrogen) atoms. The number of carbonyl (C=O) groups excluding carboxylic acids is 1. The largest absolute Gasteiger partial charge is 0.395 e. The molecule has 0 aliphatic heterocycles. The first-order valence-corrected chi connectivity index (χ1v) is 7.96. The number of likely N-dealkylation sites (N-methyl/N-ethyl adjacent to an activating group) is 1. The van der Waals surface area contributed by atoms with E-state index >= 15 is 0 Å². The maximum absolute atomic E-state index is 11.7. The molecular formula is C16H24N2O2S. The van der Waals surface area contributed by atoms with Crippen LogP contribution in [-0.4, -0.2) is 42.7 Å². The normalized spacial score (nSPS) is 10.6. The highest BCUT2D eigenvalue weighted by Crippen LogP contribution is 2.16. The molecule has 0 saturated carbocycles. The molecule has 1 amide bonds. The quantitative estimate of drug-likeness (QED) is 0.754. The van der Waals surface area contributed by atoms with Crippen molar-refractivity contribution in [2.45, 2.75) is 26.8 Å². The number of aliphatic hydroxyl groups is 1. The van der Waals surface area contributed by atoms with Crippen LogP contribution in [0.25, 0.3) is 0 Å². The van der Waals surface area contributed by atoms with Gasteiger partial charge in [0.1, 0.15) is 0 Å². The van der Waals surface area contributed by atoms with Gasteiger partial charge in [0.15, 0.2) is 0 Å². The van der Waals surface area contributed by atoms with Crippen LogP contribution >= 0.6 is 11.3 Å². The minimum atomic E-state index is 0.0608. The van der Waals surface area contributed by atoms with Gasteiger partial charge in [-0.25, -0.2) is 0 Å². The Morgan fingerprint density at radius 3 is 2.90 bits per heavy atom. The topological polar surface area (TPSA) is 52.6 Å². The van der Waals surface area contributed by atoms with E-state index < -0.39 is 0 Å². The number of carbonyl (C=O) groups is 1. The van der Waals surface area contributed by atoms with Crippen molar-refractivity contribution in [2.24, 2.45) is 5.92 Å². The Hall–Kier alpha value is -1.35. The zero-order valence-electron chi connectivity index (χ0n) is 13.0. The van der Waals surface area contributed by atoms with Gasteiger partial charge in [-0.2, -0.15) is 0 Å². The Bertz CT molecular complexity index is 500. The van der Waals surface area contributed by atoms with E-state index in [4.69, 9.17) is 5.11 Å². The van der Waals surface area contributed by atoms with Gasteiger partial charge < -0.3 is 10.4 Å². The molecule has 1 aromatic heterocycles. The molecule has 1 heterocycles. The van der Waals surface area contributed by atoms with Gasteiger partial charge in [-0.1, -0.05) is 25.7 Å². The van der Waals surface area contributed by atoms with Crippen LogP contribution in [0.2, 0.25) is 0 Å². The summed E-state index contributed by atoms with van der Waals surface area (Å²) in [5.41, 5.74) is 0. The molecule has 1 rings (SSSR count). The van der Waals surface area contributed by atoms with Gasteiger partial charge in [-0.15, -0.1) is 11.3 Å². The van der Waals surface area contributed by atoms with E-state index in [1.807, 2.05) is 24.1 Å². The number of hydrogen-bond acceptors (Lipinski definition) is 4. The molecule has 0 aromatic carbocycles. The van der Waals surface area contributed by atoms with E-state index in [1.165, 1.54) is 4.88 Å². The SMILES string of the molecule is CC(C)CNC(=O)CN(C)Cc1ccc(C#CCCO)s1. The highest BCUT2D eigenvalue weighted by Gasteiger charge is 2.08. The summed E-state index contributed by atoms with van der Waals surface area (Å²) < 4.78 is 0. The van der Waals surface area contributed by atoms with Crippen LogP contribution in [0.5, 0.6) is 0 Å². The number of aliphatic hydroxyl groups excluding tert-OH is 1. The van der Waals surface area contributed by atoms with Crippen LogP contribution in [0.15, 0.2) is 12.1 Å². The zero-order chi connectivity index (χ0) is 15.7. The van der Waals surface area contributed by atoms with Crippen molar-refractivity contribution in [1.29, 1.82) is 0 Å². The molecule has 0 aliphatic rings. The fourth-order valence-electron chi connectivity index (χ4n) is 1.68. The van der Waals surface area contributed by atoms with Gasteiger partial charge in [0.05, 0.1) is 18.0 Å². The van der Waals surface area contributed by atoms with Gasteiger partial charge in [-0.3, -0.25) is 9.69 Å². The van der Waals surface area contributed by atoms with Gasteiger partial charge in [0, 0.05) is 24.4 Å². The third kappa shape index (κ3) is 7.86. The van der Waals surface area contributed by atoms with E-state index in [0.29, 0.717) is 18.9 Å². The lowest BCUT2D eigenvalue weighted by Crippen LogP contribution is -2.36. The minimum Gasteiger partial charge on any atom is -0.395 e. The summed E-state index contributed by atoms with van der Waals surface area (Å²) in [6.07, 6.45) is 0.503. The van der Waals surface area contributed by atoms with Crippen molar-refractivity contribution in [1.82, 2.24) is 10.2 Å². The lowest BCUT2D eigenvalue weighted by molar-refractivity contribution is -0.122. The number of thiophene rings is 1. The Labute approximate surface area is 131 Å². The second kappa shape index (κ2) is 9.56. The Morgan fingerprint density at radius 2 is 2.24 bits per heavy atom. The molecule has 0 radical (unpaired) electrons. The number of amides is 1. The number of hydrogen-bond donors (Lipinski definition) is 2. The average Bonchev–Trinajstić information content (AvgIpc) is 2.84. The molecule has 0 bridgehead atoms. The molecule has 2 N–H and O–H groups in total. The summed E-state index contributed by atoms with van der Waals surface area (Å²) in [4.78, 5) is 15.9. The first-order valence-electron chi connectivity index (χ1n) is 7.15. The monoisotopic (exact) mass is 308 g/mol. The van der Waals surface area contributed by atoms with E-state index in [2.05, 4.69) is 31.0 Å². The molecular weight excluding hydrogens is 284 g/mol. The van der Waals surface area contributed by atoms with Crippen molar-refractivity contribution < 1.29 is 9.90 Å². The van der Waals surface area contributed by atoms with Crippen LogP contribution in [0.1, 0.15) is 30.0 Å². The number of nitrogens with one attached hydrogen (secondary N) is 1. The zero-order valence-corrected chi connectivity index (χ0v) is 13.8. The van der Waals surface area contributed by atoms with E-state index in [-0.39, 0.29) is 12.5 Å². The summed E-state index contributed by atoms with van der Waals surface area (Å²) in [6, 6.07) is 4.02. The molecule has 0 saturated heterocycles. The summed E-state index contributed by atoms with van der Waals surface area (Å²) >= 11 is 1.63. The molecule has 4 nitrogen and oxygen atoms in total. The van der Waals surface area contributed by atoms with Gasteiger partial charge in [0.25, 0.3) is 0 Å². The number of nitrogens with zero attached hydrogens (tertiary/aromatic N) is 1. The summed E-state index contributed by atoms with van der Waals surface area (Å²) in [6.45, 7) is 6.11. The summed E-state index contributed by atoms with van der Waals surface area (Å²) in [5.74, 6) is 6.46. The van der Waals surface area contributed by atoms with Crippen molar-refractivity contribution in [3.05, 3.63) is 21.9 Å². The predicted molar refractivity (Wildman–Crippen MR) is 87.1 cm³/mol. The third-order valence-corrected chi connectivity index (χ3v) is 3.64. The van der Waals surface area contributed by atoms with Crippen LogP contribution in [0, 0.1) is 17.8 Å². The fraction of sp³-hybridized carbons (Fsp3) is 0.562. The molecule has 5 heteroatoms. The highest BCUT2D eigenvalue weighted by molar-refractivity contribution is 7.12. The smallest absolute Gasteiger partial charge is 0.234 e. The Morgan fingerprint density at radius 1 is 1.48 bits per heavy atom. The molecule has 0 spiro atoms. The summed E-state index contributed by atoms with van der Waals surface area (Å²) in [7, 11) is 1.94. The first-order chi connectivity index (χ1) is 10.0. The van der Waals surface area contributed by atoms with E-state index in [0.717, 1.165) is 18.0 Å². The van der Waals surface area contributed by atoms with Crippen molar-refractivity contribution in [3.8, 4) is 11.8 Å². The van der Waals surface area contributed by atoms with Gasteiger partial charge in [0.2, 0.25) is 5.91 Å². The number of rotatable bonds is 7. The molecule has 1 aromatic rings. The third-order valence-electron chi connectivity index (χ3n) is 2.66. The van der Waals surface area contributed by atoms with Crippen LogP contribution in [-0.2, 0) is 11.3 Å². The van der Waals surface area contributed by atoms with Crippen LogP contribution < -0.4 is 5.32 Å². The van der Waals surface area contributed by atoms with Crippen molar-refractivity contribution >= 4 is 17.2 Å². The summed E-state index contributed by atoms with van der Waals surface area (Å²) in [5, 5.41) is 11.6. The molecule has 116 valence electrons. The Kier molecular flexibility index (Phi) is 8.06. The standard InChI is InChI=1S/C16H24N2O2S/c1-13(2)10-17-16(20)12-18(3)11-15-8-7-14(21-15)6-4-5-9-19/h7-8,13,19H,5,9-12H2,1-3H3,(H,17,20). The second-order valence-corrected chi connectivity index (χ2v) is 6.58. The lowest BCUT2D eigenvalue weighted by atomic mass is 10.2. The molecule has 0 atom stereocenters. The van der Waals surface area contributed by atoms with E-state index in [1.54, 1.807) is 11.3 Å². The maximum Gasteiger partial charge on any atom is 0.234 e. The van der Waals surface area contributed by atoms with Crippen molar-refractivity contribution in [2.75, 3.05) is 26.7 Å². The van der Waals surface area contributed by atoms with Gasteiger partial charge in [-0.05, 0) is 25.1 Å². The Balaban J connectivity index is 2.39. The molecule has 0 unspecified atom stereocenters.